The second kappa shape index (κ2) is 14.3. The van der Waals surface area contributed by atoms with Crippen LogP contribution in [0.15, 0.2) is 65.8 Å². The van der Waals surface area contributed by atoms with Crippen molar-refractivity contribution in [3.63, 3.8) is 0 Å². The minimum absolute atomic E-state index is 0.238. The lowest BCUT2D eigenvalue weighted by molar-refractivity contribution is -0.136. The van der Waals surface area contributed by atoms with Crippen molar-refractivity contribution in [2.24, 2.45) is 5.10 Å². The average Bonchev–Trinajstić information content (AvgIpc) is 2.90. The lowest BCUT2D eigenvalue weighted by Crippen LogP contribution is -2.32. The fourth-order valence-electron chi connectivity index (χ4n) is 3.28. The molecule has 0 spiro atoms. The molecule has 198 valence electrons. The number of rotatable bonds is 10. The van der Waals surface area contributed by atoms with E-state index in [9.17, 15) is 14.4 Å². The molecule has 0 radical (unpaired) electrons. The first kappa shape index (κ1) is 28.9. The van der Waals surface area contributed by atoms with Gasteiger partial charge >= 0.3 is 11.8 Å². The molecule has 0 atom stereocenters. The van der Waals surface area contributed by atoms with E-state index in [2.05, 4.69) is 43.8 Å². The van der Waals surface area contributed by atoms with E-state index in [0.717, 1.165) is 5.56 Å². The summed E-state index contributed by atoms with van der Waals surface area (Å²) in [6, 6.07) is 17.4. The summed E-state index contributed by atoms with van der Waals surface area (Å²) in [6.07, 6.45) is 2.09. The maximum Gasteiger partial charge on any atom is 0.329 e. The van der Waals surface area contributed by atoms with Crippen LogP contribution >= 0.6 is 34.2 Å². The molecule has 3 aromatic carbocycles. The molecule has 0 saturated carbocycles. The normalized spacial score (nSPS) is 10.6. The van der Waals surface area contributed by atoms with E-state index in [0.29, 0.717) is 50.1 Å². The number of anilines is 2. The highest BCUT2D eigenvalue weighted by Gasteiger charge is 2.16. The number of hydrogen-bond acceptors (Lipinski definition) is 6. The molecule has 38 heavy (non-hydrogen) atoms. The van der Waals surface area contributed by atoms with Gasteiger partial charge in [-0.3, -0.25) is 14.4 Å². The molecular formula is C27H26ClIN4O5. The number of ether oxygens (including phenoxy) is 2. The molecule has 0 aliphatic heterocycles. The zero-order valence-corrected chi connectivity index (χ0v) is 23.6. The van der Waals surface area contributed by atoms with Crippen molar-refractivity contribution >= 4 is 69.5 Å². The second-order valence-corrected chi connectivity index (χ2v) is 9.37. The van der Waals surface area contributed by atoms with E-state index in [1.54, 1.807) is 48.5 Å². The maximum absolute atomic E-state index is 12.3. The SMILES string of the molecule is CCOc1cc(/C=N\NC(=O)C(=O)Nc2ccccc2CC)cc(I)c1OCC(=O)Nc1ccc(Cl)cc1. The molecule has 0 unspecified atom stereocenters. The molecule has 0 heterocycles. The van der Waals surface area contributed by atoms with Gasteiger partial charge in [-0.1, -0.05) is 36.7 Å². The Morgan fingerprint density at radius 3 is 2.42 bits per heavy atom. The Balaban J connectivity index is 1.61. The minimum atomic E-state index is -0.904. The van der Waals surface area contributed by atoms with Gasteiger partial charge in [0.05, 0.1) is 16.4 Å². The number of halogens is 2. The smallest absolute Gasteiger partial charge is 0.329 e. The predicted octanol–water partition coefficient (Wildman–Crippen LogP) is 5.01. The van der Waals surface area contributed by atoms with Crippen LogP contribution < -0.4 is 25.5 Å². The number of hydrogen-bond donors (Lipinski definition) is 3. The van der Waals surface area contributed by atoms with E-state index >= 15 is 0 Å². The van der Waals surface area contributed by atoms with Crippen molar-refractivity contribution in [2.45, 2.75) is 20.3 Å². The summed E-state index contributed by atoms with van der Waals surface area (Å²) in [5, 5.41) is 9.78. The Morgan fingerprint density at radius 1 is 0.974 bits per heavy atom. The van der Waals surface area contributed by atoms with Gasteiger partial charge in [0, 0.05) is 16.4 Å². The van der Waals surface area contributed by atoms with Gasteiger partial charge < -0.3 is 20.1 Å². The number of aryl methyl sites for hydroxylation is 1. The van der Waals surface area contributed by atoms with Gasteiger partial charge in [-0.15, -0.1) is 0 Å². The van der Waals surface area contributed by atoms with E-state index in [1.807, 2.05) is 26.0 Å². The summed E-state index contributed by atoms with van der Waals surface area (Å²) in [4.78, 5) is 36.8. The van der Waals surface area contributed by atoms with Gasteiger partial charge in [0.25, 0.3) is 5.91 Å². The molecule has 0 bridgehead atoms. The summed E-state index contributed by atoms with van der Waals surface area (Å²) >= 11 is 7.92. The molecule has 3 rings (SSSR count). The van der Waals surface area contributed by atoms with Gasteiger partial charge in [0.2, 0.25) is 0 Å². The van der Waals surface area contributed by atoms with E-state index in [-0.39, 0.29) is 12.5 Å². The maximum atomic E-state index is 12.3. The molecule has 0 aliphatic carbocycles. The molecule has 9 nitrogen and oxygen atoms in total. The Hall–Kier alpha value is -3.64. The molecule has 3 N–H and O–H groups in total. The highest BCUT2D eigenvalue weighted by Crippen LogP contribution is 2.34. The average molecular weight is 649 g/mol. The molecule has 0 fully saturated rings. The lowest BCUT2D eigenvalue weighted by Gasteiger charge is -2.14. The highest BCUT2D eigenvalue weighted by atomic mass is 127. The Bertz CT molecular complexity index is 1330. The fourth-order valence-corrected chi connectivity index (χ4v) is 4.19. The number of para-hydroxylation sites is 1. The van der Waals surface area contributed by atoms with Crippen molar-refractivity contribution < 1.29 is 23.9 Å². The van der Waals surface area contributed by atoms with Gasteiger partial charge in [-0.05, 0) is 89.5 Å². The van der Waals surface area contributed by atoms with Crippen molar-refractivity contribution in [3.05, 3.63) is 80.4 Å². The predicted molar refractivity (Wildman–Crippen MR) is 156 cm³/mol. The third kappa shape index (κ3) is 8.45. The number of benzene rings is 3. The summed E-state index contributed by atoms with van der Waals surface area (Å²) in [5.74, 6) is -1.28. The van der Waals surface area contributed by atoms with Crippen molar-refractivity contribution in [1.82, 2.24) is 5.43 Å². The van der Waals surface area contributed by atoms with Crippen LogP contribution in [-0.2, 0) is 20.8 Å². The first-order chi connectivity index (χ1) is 18.3. The van der Waals surface area contributed by atoms with Gasteiger partial charge in [-0.2, -0.15) is 5.10 Å². The van der Waals surface area contributed by atoms with Crippen LogP contribution in [0.2, 0.25) is 5.02 Å². The number of nitrogens with zero attached hydrogens (tertiary/aromatic N) is 1. The number of carbonyl (C=O) groups is 3. The Kier molecular flexibility index (Phi) is 10.9. The summed E-state index contributed by atoms with van der Waals surface area (Å²) in [6.45, 7) is 3.90. The Morgan fingerprint density at radius 2 is 1.71 bits per heavy atom. The molecular weight excluding hydrogens is 623 g/mol. The number of hydrazone groups is 1. The van der Waals surface area contributed by atoms with Gasteiger partial charge in [0.15, 0.2) is 18.1 Å². The Labute approximate surface area is 239 Å². The molecule has 0 aliphatic rings. The van der Waals surface area contributed by atoms with Crippen LogP contribution in [0.3, 0.4) is 0 Å². The van der Waals surface area contributed by atoms with Crippen LogP contribution in [-0.4, -0.2) is 37.1 Å². The standard InChI is InChI=1S/C27H26ClIN4O5/c1-3-18-7-5-6-8-22(18)32-26(35)27(36)33-30-15-17-13-21(29)25(23(14-17)37-4-2)38-16-24(34)31-20-11-9-19(28)10-12-20/h5-15H,3-4,16H2,1-2H3,(H,31,34)(H,32,35)(H,33,36)/b30-15-. The van der Waals surface area contributed by atoms with Crippen molar-refractivity contribution in [1.29, 1.82) is 0 Å². The molecule has 3 amide bonds. The van der Waals surface area contributed by atoms with Crippen LogP contribution in [0.25, 0.3) is 0 Å². The first-order valence-corrected chi connectivity index (χ1v) is 13.1. The fraction of sp³-hybridized carbons (Fsp3) is 0.185. The molecule has 11 heteroatoms. The minimum Gasteiger partial charge on any atom is -0.490 e. The highest BCUT2D eigenvalue weighted by molar-refractivity contribution is 14.1. The topological polar surface area (TPSA) is 118 Å². The zero-order chi connectivity index (χ0) is 27.5. The largest absolute Gasteiger partial charge is 0.490 e. The third-order valence-corrected chi connectivity index (χ3v) is 6.09. The monoisotopic (exact) mass is 648 g/mol. The second-order valence-electron chi connectivity index (χ2n) is 7.77. The number of carbonyl (C=O) groups excluding carboxylic acids is 3. The van der Waals surface area contributed by atoms with Crippen molar-refractivity contribution in [3.8, 4) is 11.5 Å². The number of nitrogens with one attached hydrogen (secondary N) is 3. The summed E-state index contributed by atoms with van der Waals surface area (Å²) in [5.41, 5.74) is 4.90. The van der Waals surface area contributed by atoms with Crippen LogP contribution in [0.5, 0.6) is 11.5 Å². The van der Waals surface area contributed by atoms with Gasteiger partial charge in [-0.25, -0.2) is 5.43 Å². The molecule has 0 aromatic heterocycles. The summed E-state index contributed by atoms with van der Waals surface area (Å²) < 4.78 is 12.1. The molecule has 3 aromatic rings. The zero-order valence-electron chi connectivity index (χ0n) is 20.7. The van der Waals surface area contributed by atoms with E-state index in [4.69, 9.17) is 21.1 Å². The van der Waals surface area contributed by atoms with E-state index in [1.165, 1.54) is 6.21 Å². The lowest BCUT2D eigenvalue weighted by atomic mass is 10.1. The van der Waals surface area contributed by atoms with Gasteiger partial charge in [0.1, 0.15) is 0 Å². The quantitative estimate of drug-likeness (QED) is 0.124. The van der Waals surface area contributed by atoms with Crippen LogP contribution in [0, 0.1) is 3.57 Å². The van der Waals surface area contributed by atoms with Crippen LogP contribution in [0.1, 0.15) is 25.0 Å². The molecule has 0 saturated heterocycles. The van der Waals surface area contributed by atoms with Crippen molar-refractivity contribution in [2.75, 3.05) is 23.8 Å². The number of amides is 3. The van der Waals surface area contributed by atoms with E-state index < -0.39 is 11.8 Å². The summed E-state index contributed by atoms with van der Waals surface area (Å²) in [7, 11) is 0. The van der Waals surface area contributed by atoms with Crippen LogP contribution in [0.4, 0.5) is 11.4 Å². The third-order valence-electron chi connectivity index (χ3n) is 5.04. The first-order valence-electron chi connectivity index (χ1n) is 11.7.